The molecular formula is C28H30Cl2N2O3. The van der Waals surface area contributed by atoms with E-state index in [2.05, 4.69) is 5.32 Å². The number of carbonyl (C=O) groups excluding carboxylic acids is 2. The fraction of sp³-hybridized carbons (Fsp3) is 0.286. The quantitative estimate of drug-likeness (QED) is 0.375. The molecular weight excluding hydrogens is 483 g/mol. The third-order valence-corrected chi connectivity index (χ3v) is 6.63. The molecule has 0 radical (unpaired) electrons. The van der Waals surface area contributed by atoms with Crippen molar-refractivity contribution in [2.75, 3.05) is 13.2 Å². The first-order chi connectivity index (χ1) is 16.8. The average Bonchev–Trinajstić information content (AvgIpc) is 2.84. The predicted octanol–water partition coefficient (Wildman–Crippen LogP) is 5.77. The highest BCUT2D eigenvalue weighted by molar-refractivity contribution is 6.36. The van der Waals surface area contributed by atoms with Crippen molar-refractivity contribution in [2.24, 2.45) is 0 Å². The molecule has 1 atom stereocenters. The Hall–Kier alpha value is -3.02. The van der Waals surface area contributed by atoms with E-state index in [1.807, 2.05) is 69.3 Å². The van der Waals surface area contributed by atoms with Crippen LogP contribution in [0, 0.1) is 13.8 Å². The van der Waals surface area contributed by atoms with E-state index in [1.165, 1.54) is 4.90 Å². The molecule has 0 fully saturated rings. The zero-order valence-electron chi connectivity index (χ0n) is 20.2. The lowest BCUT2D eigenvalue weighted by molar-refractivity contribution is -0.142. The standard InChI is InChI=1S/C28H30Cl2N2O3/c1-4-31-28(34)25(16-21-11-6-5-7-12-21)32(17-22-23(29)13-9-14-24(22)30)27(33)18-35-26-15-8-10-19(2)20(26)3/h5-15,25H,4,16-18H2,1-3H3,(H,31,34). The molecule has 3 aromatic carbocycles. The van der Waals surface area contributed by atoms with Crippen LogP contribution in [0.1, 0.15) is 29.2 Å². The van der Waals surface area contributed by atoms with Gasteiger partial charge in [0.1, 0.15) is 11.8 Å². The normalized spacial score (nSPS) is 11.6. The van der Waals surface area contributed by atoms with Gasteiger partial charge in [-0.05, 0) is 55.7 Å². The Bertz CT molecular complexity index is 1150. The Labute approximate surface area is 217 Å². The fourth-order valence-electron chi connectivity index (χ4n) is 3.80. The van der Waals surface area contributed by atoms with Gasteiger partial charge in [0.2, 0.25) is 5.91 Å². The van der Waals surface area contributed by atoms with Gasteiger partial charge in [-0.1, -0.05) is 71.7 Å². The Morgan fingerprint density at radius 2 is 1.60 bits per heavy atom. The Morgan fingerprint density at radius 1 is 0.943 bits per heavy atom. The van der Waals surface area contributed by atoms with Crippen LogP contribution >= 0.6 is 23.2 Å². The monoisotopic (exact) mass is 512 g/mol. The van der Waals surface area contributed by atoms with Crippen LogP contribution in [0.25, 0.3) is 0 Å². The molecule has 3 rings (SSSR count). The number of likely N-dealkylation sites (N-methyl/N-ethyl adjacent to an activating group) is 1. The third-order valence-electron chi connectivity index (χ3n) is 5.92. The minimum atomic E-state index is -0.778. The first-order valence-corrected chi connectivity index (χ1v) is 12.3. The van der Waals surface area contributed by atoms with Crippen molar-refractivity contribution in [1.29, 1.82) is 0 Å². The molecule has 0 aromatic heterocycles. The van der Waals surface area contributed by atoms with Gasteiger partial charge in [-0.25, -0.2) is 0 Å². The molecule has 7 heteroatoms. The van der Waals surface area contributed by atoms with Gasteiger partial charge in [-0.15, -0.1) is 0 Å². The van der Waals surface area contributed by atoms with Crippen molar-refractivity contribution in [2.45, 2.75) is 39.8 Å². The largest absolute Gasteiger partial charge is 0.483 e. The lowest BCUT2D eigenvalue weighted by Crippen LogP contribution is -2.51. The number of hydrogen-bond acceptors (Lipinski definition) is 3. The summed E-state index contributed by atoms with van der Waals surface area (Å²) in [6, 6.07) is 19.7. The number of nitrogens with one attached hydrogen (secondary N) is 1. The Kier molecular flexibility index (Phi) is 9.58. The second-order valence-corrected chi connectivity index (χ2v) is 9.12. The summed E-state index contributed by atoms with van der Waals surface area (Å²) in [4.78, 5) is 28.3. The average molecular weight is 513 g/mol. The maximum atomic E-state index is 13.6. The summed E-state index contributed by atoms with van der Waals surface area (Å²) in [7, 11) is 0. The van der Waals surface area contributed by atoms with Crippen LogP contribution < -0.4 is 10.1 Å². The zero-order chi connectivity index (χ0) is 25.4. The summed E-state index contributed by atoms with van der Waals surface area (Å²) in [5.74, 6) is 0.0420. The van der Waals surface area contributed by atoms with Crippen LogP contribution in [-0.4, -0.2) is 35.9 Å². The first kappa shape index (κ1) is 26.6. The molecule has 35 heavy (non-hydrogen) atoms. The number of nitrogens with zero attached hydrogens (tertiary/aromatic N) is 1. The summed E-state index contributed by atoms with van der Waals surface area (Å²) in [6.45, 7) is 6.07. The fourth-order valence-corrected chi connectivity index (χ4v) is 4.32. The highest BCUT2D eigenvalue weighted by Gasteiger charge is 2.31. The van der Waals surface area contributed by atoms with Crippen molar-refractivity contribution in [3.05, 3.63) is 99.0 Å². The second-order valence-electron chi connectivity index (χ2n) is 8.31. The van der Waals surface area contributed by atoms with Gasteiger partial charge in [0.05, 0.1) is 0 Å². The molecule has 0 spiro atoms. The smallest absolute Gasteiger partial charge is 0.261 e. The lowest BCUT2D eigenvalue weighted by atomic mass is 10.0. The molecule has 3 aromatic rings. The van der Waals surface area contributed by atoms with E-state index < -0.39 is 6.04 Å². The number of hydrogen-bond donors (Lipinski definition) is 1. The van der Waals surface area contributed by atoms with E-state index in [4.69, 9.17) is 27.9 Å². The number of amides is 2. The number of carbonyl (C=O) groups is 2. The summed E-state index contributed by atoms with van der Waals surface area (Å²) >= 11 is 12.9. The topological polar surface area (TPSA) is 58.6 Å². The summed E-state index contributed by atoms with van der Waals surface area (Å²) in [5, 5.41) is 3.73. The van der Waals surface area contributed by atoms with Gasteiger partial charge in [0, 0.05) is 35.1 Å². The van der Waals surface area contributed by atoms with Gasteiger partial charge in [-0.2, -0.15) is 0 Å². The SMILES string of the molecule is CCNC(=O)C(Cc1ccccc1)N(Cc1c(Cl)cccc1Cl)C(=O)COc1cccc(C)c1C. The first-order valence-electron chi connectivity index (χ1n) is 11.5. The van der Waals surface area contributed by atoms with Crippen molar-refractivity contribution in [3.63, 3.8) is 0 Å². The number of rotatable bonds is 10. The summed E-state index contributed by atoms with van der Waals surface area (Å²) in [6.07, 6.45) is 0.337. The van der Waals surface area contributed by atoms with Crippen molar-refractivity contribution >= 4 is 35.0 Å². The van der Waals surface area contributed by atoms with Gasteiger partial charge in [-0.3, -0.25) is 9.59 Å². The van der Waals surface area contributed by atoms with Gasteiger partial charge in [0.15, 0.2) is 6.61 Å². The van der Waals surface area contributed by atoms with Crippen LogP contribution in [0.4, 0.5) is 0 Å². The van der Waals surface area contributed by atoms with E-state index >= 15 is 0 Å². The van der Waals surface area contributed by atoms with Crippen LogP contribution in [0.2, 0.25) is 10.0 Å². The minimum Gasteiger partial charge on any atom is -0.483 e. The molecule has 0 aliphatic rings. The summed E-state index contributed by atoms with van der Waals surface area (Å²) < 4.78 is 5.91. The number of halogens is 2. The van der Waals surface area contributed by atoms with Gasteiger partial charge >= 0.3 is 0 Å². The van der Waals surface area contributed by atoms with Gasteiger partial charge in [0.25, 0.3) is 5.91 Å². The molecule has 2 amide bonds. The number of ether oxygens (including phenoxy) is 1. The molecule has 0 heterocycles. The Balaban J connectivity index is 1.96. The number of benzene rings is 3. The molecule has 0 aliphatic carbocycles. The molecule has 0 saturated carbocycles. The van der Waals surface area contributed by atoms with Crippen LogP contribution in [0.3, 0.4) is 0 Å². The highest BCUT2D eigenvalue weighted by atomic mass is 35.5. The van der Waals surface area contributed by atoms with E-state index in [9.17, 15) is 9.59 Å². The summed E-state index contributed by atoms with van der Waals surface area (Å²) in [5.41, 5.74) is 3.55. The number of aryl methyl sites for hydroxylation is 1. The second kappa shape index (κ2) is 12.6. The van der Waals surface area contributed by atoms with E-state index in [1.54, 1.807) is 18.2 Å². The molecule has 0 bridgehead atoms. The van der Waals surface area contributed by atoms with E-state index in [-0.39, 0.29) is 25.0 Å². The molecule has 1 unspecified atom stereocenters. The molecule has 184 valence electrons. The highest BCUT2D eigenvalue weighted by Crippen LogP contribution is 2.27. The maximum absolute atomic E-state index is 13.6. The van der Waals surface area contributed by atoms with Crippen LogP contribution in [-0.2, 0) is 22.6 Å². The zero-order valence-corrected chi connectivity index (χ0v) is 21.7. The van der Waals surface area contributed by atoms with Crippen molar-refractivity contribution < 1.29 is 14.3 Å². The van der Waals surface area contributed by atoms with Crippen LogP contribution in [0.5, 0.6) is 5.75 Å². The molecule has 0 saturated heterocycles. The molecule has 0 aliphatic heterocycles. The van der Waals surface area contributed by atoms with Crippen molar-refractivity contribution in [1.82, 2.24) is 10.2 Å². The molecule has 5 nitrogen and oxygen atoms in total. The van der Waals surface area contributed by atoms with Crippen LogP contribution in [0.15, 0.2) is 66.7 Å². The maximum Gasteiger partial charge on any atom is 0.261 e. The van der Waals surface area contributed by atoms with E-state index in [0.717, 1.165) is 16.7 Å². The van der Waals surface area contributed by atoms with Gasteiger partial charge < -0.3 is 15.0 Å². The third kappa shape index (κ3) is 7.00. The van der Waals surface area contributed by atoms with Crippen molar-refractivity contribution in [3.8, 4) is 5.75 Å². The Morgan fingerprint density at radius 3 is 2.26 bits per heavy atom. The predicted molar refractivity (Wildman–Crippen MR) is 141 cm³/mol. The lowest BCUT2D eigenvalue weighted by Gasteiger charge is -2.32. The van der Waals surface area contributed by atoms with E-state index in [0.29, 0.717) is 34.3 Å². The minimum absolute atomic E-state index is 0.0716. The molecule has 1 N–H and O–H groups in total.